The van der Waals surface area contributed by atoms with Crippen LogP contribution in [0.2, 0.25) is 0 Å². The van der Waals surface area contributed by atoms with Gasteiger partial charge in [-0.1, -0.05) is 26.0 Å². The summed E-state index contributed by atoms with van der Waals surface area (Å²) in [7, 11) is 0. The van der Waals surface area contributed by atoms with E-state index in [0.717, 1.165) is 25.2 Å². The van der Waals surface area contributed by atoms with Crippen LogP contribution in [0, 0.1) is 5.41 Å². The largest absolute Gasteiger partial charge is 0.493 e. The van der Waals surface area contributed by atoms with Crippen molar-refractivity contribution in [1.82, 2.24) is 0 Å². The second-order valence-corrected chi connectivity index (χ2v) is 5.64. The van der Waals surface area contributed by atoms with Crippen LogP contribution in [0.15, 0.2) is 18.2 Å². The highest BCUT2D eigenvalue weighted by Crippen LogP contribution is 2.31. The van der Waals surface area contributed by atoms with Crippen LogP contribution in [0.1, 0.15) is 37.4 Å². The molecule has 0 fully saturated rings. The van der Waals surface area contributed by atoms with Crippen LogP contribution in [-0.2, 0) is 6.42 Å². The van der Waals surface area contributed by atoms with Gasteiger partial charge in [-0.3, -0.25) is 0 Å². The smallest absolute Gasteiger partial charge is 0.122 e. The van der Waals surface area contributed by atoms with Crippen molar-refractivity contribution in [3.05, 3.63) is 29.3 Å². The van der Waals surface area contributed by atoms with Crippen LogP contribution in [0.25, 0.3) is 0 Å². The highest BCUT2D eigenvalue weighted by Gasteiger charge is 2.22. The van der Waals surface area contributed by atoms with Gasteiger partial charge in [0.15, 0.2) is 0 Å². The summed E-state index contributed by atoms with van der Waals surface area (Å²) in [5, 5.41) is 0. The topological polar surface area (TPSA) is 61.3 Å². The van der Waals surface area contributed by atoms with Gasteiger partial charge in [-0.2, -0.15) is 0 Å². The minimum Gasteiger partial charge on any atom is -0.493 e. The third-order valence-electron chi connectivity index (χ3n) is 3.47. The molecule has 0 amide bonds. The molecular weight excluding hydrogens is 212 g/mol. The normalized spacial score (nSPS) is 16.5. The number of hydrogen-bond donors (Lipinski definition) is 2. The van der Waals surface area contributed by atoms with E-state index >= 15 is 0 Å². The second-order valence-electron chi connectivity index (χ2n) is 5.64. The lowest BCUT2D eigenvalue weighted by molar-refractivity contribution is 0.317. The van der Waals surface area contributed by atoms with Gasteiger partial charge in [0.25, 0.3) is 0 Å². The fourth-order valence-corrected chi connectivity index (χ4v) is 2.23. The zero-order valence-corrected chi connectivity index (χ0v) is 10.7. The highest BCUT2D eigenvalue weighted by atomic mass is 16.5. The molecule has 0 saturated heterocycles. The Morgan fingerprint density at radius 3 is 2.88 bits per heavy atom. The van der Waals surface area contributed by atoms with Gasteiger partial charge in [0.05, 0.1) is 6.61 Å². The van der Waals surface area contributed by atoms with Gasteiger partial charge in [-0.15, -0.1) is 0 Å². The number of benzene rings is 1. The molecular formula is C14H22N2O. The zero-order chi connectivity index (χ0) is 12.5. The maximum Gasteiger partial charge on any atom is 0.122 e. The summed E-state index contributed by atoms with van der Waals surface area (Å²) in [4.78, 5) is 0. The van der Waals surface area contributed by atoms with Crippen molar-refractivity contribution in [2.75, 3.05) is 13.2 Å². The monoisotopic (exact) mass is 234 g/mol. The third kappa shape index (κ3) is 2.79. The Hall–Kier alpha value is -1.06. The molecule has 0 bridgehead atoms. The van der Waals surface area contributed by atoms with E-state index in [1.165, 1.54) is 11.1 Å². The van der Waals surface area contributed by atoms with Gasteiger partial charge in [0.2, 0.25) is 0 Å². The summed E-state index contributed by atoms with van der Waals surface area (Å²) in [6.45, 7) is 5.77. The van der Waals surface area contributed by atoms with E-state index in [2.05, 4.69) is 26.0 Å². The summed E-state index contributed by atoms with van der Waals surface area (Å²) in [6.07, 6.45) is 1.90. The van der Waals surface area contributed by atoms with Gasteiger partial charge in [0.1, 0.15) is 5.75 Å². The molecule has 2 rings (SSSR count). The van der Waals surface area contributed by atoms with E-state index < -0.39 is 0 Å². The summed E-state index contributed by atoms with van der Waals surface area (Å²) >= 11 is 0. The molecule has 3 heteroatoms. The van der Waals surface area contributed by atoms with Crippen molar-refractivity contribution in [2.45, 2.75) is 32.7 Å². The van der Waals surface area contributed by atoms with E-state index in [0.29, 0.717) is 6.54 Å². The zero-order valence-electron chi connectivity index (χ0n) is 10.7. The Bertz CT molecular complexity index is 401. The Labute approximate surface area is 103 Å². The first-order valence-electron chi connectivity index (χ1n) is 6.23. The van der Waals surface area contributed by atoms with Crippen molar-refractivity contribution in [3.8, 4) is 5.75 Å². The van der Waals surface area contributed by atoms with E-state index in [-0.39, 0.29) is 11.5 Å². The fourth-order valence-electron chi connectivity index (χ4n) is 2.23. The lowest BCUT2D eigenvalue weighted by atomic mass is 9.83. The molecule has 1 heterocycles. The molecule has 1 aliphatic heterocycles. The Kier molecular flexibility index (Phi) is 3.40. The van der Waals surface area contributed by atoms with Crippen molar-refractivity contribution < 1.29 is 4.74 Å². The predicted molar refractivity (Wildman–Crippen MR) is 70.0 cm³/mol. The van der Waals surface area contributed by atoms with Gasteiger partial charge in [0, 0.05) is 12.5 Å². The Morgan fingerprint density at radius 1 is 1.41 bits per heavy atom. The van der Waals surface area contributed by atoms with Crippen LogP contribution in [0.3, 0.4) is 0 Å². The first-order valence-corrected chi connectivity index (χ1v) is 6.23. The third-order valence-corrected chi connectivity index (χ3v) is 3.47. The summed E-state index contributed by atoms with van der Waals surface area (Å²) in [5.74, 6) is 1.01. The number of fused-ring (bicyclic) bond motifs is 1. The molecule has 1 aromatic rings. The quantitative estimate of drug-likeness (QED) is 0.837. The molecule has 3 nitrogen and oxygen atoms in total. The molecule has 0 radical (unpaired) electrons. The van der Waals surface area contributed by atoms with Crippen LogP contribution in [0.4, 0.5) is 0 Å². The first kappa shape index (κ1) is 12.4. The molecule has 1 aliphatic rings. The van der Waals surface area contributed by atoms with Gasteiger partial charge < -0.3 is 16.2 Å². The number of ether oxygens (including phenoxy) is 1. The molecule has 0 saturated carbocycles. The Morgan fingerprint density at radius 2 is 2.18 bits per heavy atom. The van der Waals surface area contributed by atoms with Crippen LogP contribution in [0.5, 0.6) is 5.75 Å². The SMILES string of the molecule is CC(C)(CN)CC(N)c1ccc2c(c1)CCO2. The summed E-state index contributed by atoms with van der Waals surface area (Å²) in [5.41, 5.74) is 14.6. The van der Waals surface area contributed by atoms with Crippen molar-refractivity contribution >= 4 is 0 Å². The van der Waals surface area contributed by atoms with Gasteiger partial charge >= 0.3 is 0 Å². The number of rotatable bonds is 4. The average molecular weight is 234 g/mol. The molecule has 1 atom stereocenters. The molecule has 0 aromatic heterocycles. The molecule has 94 valence electrons. The maximum atomic E-state index is 6.25. The molecule has 1 aromatic carbocycles. The van der Waals surface area contributed by atoms with Crippen molar-refractivity contribution in [3.63, 3.8) is 0 Å². The standard InChI is InChI=1S/C14H22N2O/c1-14(2,9-15)8-12(16)10-3-4-13-11(7-10)5-6-17-13/h3-4,7,12H,5-6,8-9,15-16H2,1-2H3. The van der Waals surface area contributed by atoms with E-state index in [1.807, 2.05) is 6.07 Å². The van der Waals surface area contributed by atoms with E-state index in [1.54, 1.807) is 0 Å². The van der Waals surface area contributed by atoms with Crippen LogP contribution in [-0.4, -0.2) is 13.2 Å². The average Bonchev–Trinajstić information content (AvgIpc) is 2.75. The molecule has 17 heavy (non-hydrogen) atoms. The molecule has 1 unspecified atom stereocenters. The van der Waals surface area contributed by atoms with Crippen molar-refractivity contribution in [1.29, 1.82) is 0 Å². The predicted octanol–water partition coefficient (Wildman–Crippen LogP) is 2.00. The van der Waals surface area contributed by atoms with Crippen LogP contribution < -0.4 is 16.2 Å². The van der Waals surface area contributed by atoms with Gasteiger partial charge in [-0.25, -0.2) is 0 Å². The molecule has 4 N–H and O–H groups in total. The molecule has 0 spiro atoms. The Balaban J connectivity index is 2.12. The first-order chi connectivity index (χ1) is 8.02. The maximum absolute atomic E-state index is 6.25. The minimum atomic E-state index is 0.0550. The van der Waals surface area contributed by atoms with Gasteiger partial charge in [-0.05, 0) is 35.6 Å². The van der Waals surface area contributed by atoms with Crippen LogP contribution >= 0.6 is 0 Å². The fraction of sp³-hybridized carbons (Fsp3) is 0.571. The second kappa shape index (κ2) is 4.67. The van der Waals surface area contributed by atoms with E-state index in [4.69, 9.17) is 16.2 Å². The number of hydrogen-bond acceptors (Lipinski definition) is 3. The summed E-state index contributed by atoms with van der Waals surface area (Å²) < 4.78 is 5.49. The number of nitrogens with two attached hydrogens (primary N) is 2. The lowest BCUT2D eigenvalue weighted by Gasteiger charge is -2.26. The lowest BCUT2D eigenvalue weighted by Crippen LogP contribution is -2.28. The summed E-state index contributed by atoms with van der Waals surface area (Å²) in [6, 6.07) is 6.34. The van der Waals surface area contributed by atoms with Crippen molar-refractivity contribution in [2.24, 2.45) is 16.9 Å². The minimum absolute atomic E-state index is 0.0550. The molecule has 0 aliphatic carbocycles. The van der Waals surface area contributed by atoms with E-state index in [9.17, 15) is 0 Å². The highest BCUT2D eigenvalue weighted by molar-refractivity contribution is 5.40.